The van der Waals surface area contributed by atoms with Gasteiger partial charge in [0.1, 0.15) is 6.33 Å². The molecule has 0 bridgehead atoms. The van der Waals surface area contributed by atoms with Crippen LogP contribution in [0.2, 0.25) is 0 Å². The van der Waals surface area contributed by atoms with Crippen LogP contribution in [0.25, 0.3) is 17.1 Å². The Labute approximate surface area is 136 Å². The van der Waals surface area contributed by atoms with Crippen molar-refractivity contribution in [3.63, 3.8) is 0 Å². The molecule has 3 aromatic rings. The van der Waals surface area contributed by atoms with E-state index in [-0.39, 0.29) is 0 Å². The number of aromatic nitrogens is 3. The summed E-state index contributed by atoms with van der Waals surface area (Å²) in [5, 5.41) is 4.33. The molecule has 0 aliphatic rings. The fourth-order valence-electron chi connectivity index (χ4n) is 2.37. The van der Waals surface area contributed by atoms with E-state index < -0.39 is 11.7 Å². The van der Waals surface area contributed by atoms with Crippen molar-refractivity contribution in [1.82, 2.24) is 14.8 Å². The average Bonchev–Trinajstić information content (AvgIpc) is 3.04. The molecule has 0 saturated heterocycles. The van der Waals surface area contributed by atoms with Crippen LogP contribution in [0, 0.1) is 0 Å². The van der Waals surface area contributed by atoms with Crippen LogP contribution >= 0.6 is 0 Å². The van der Waals surface area contributed by atoms with Crippen LogP contribution in [0.3, 0.4) is 0 Å². The van der Waals surface area contributed by atoms with Gasteiger partial charge in [-0.1, -0.05) is 6.92 Å². The third-order valence-corrected chi connectivity index (χ3v) is 3.73. The van der Waals surface area contributed by atoms with Gasteiger partial charge in [-0.3, -0.25) is 0 Å². The van der Waals surface area contributed by atoms with Gasteiger partial charge in [0.05, 0.1) is 11.3 Å². The molecule has 2 N–H and O–H groups in total. The van der Waals surface area contributed by atoms with E-state index in [1.165, 1.54) is 23.1 Å². The maximum Gasteiger partial charge on any atom is 0.416 e. The maximum absolute atomic E-state index is 12.6. The van der Waals surface area contributed by atoms with E-state index in [2.05, 4.69) is 10.1 Å². The van der Waals surface area contributed by atoms with Crippen LogP contribution in [-0.4, -0.2) is 14.8 Å². The highest BCUT2D eigenvalue weighted by molar-refractivity contribution is 5.62. The first kappa shape index (κ1) is 16.0. The molecule has 1 heterocycles. The fourth-order valence-corrected chi connectivity index (χ4v) is 2.37. The first-order chi connectivity index (χ1) is 11.4. The van der Waals surface area contributed by atoms with Gasteiger partial charge in [0.25, 0.3) is 0 Å². The Hall–Kier alpha value is -2.83. The summed E-state index contributed by atoms with van der Waals surface area (Å²) in [6.07, 6.45) is -2.09. The average molecular weight is 332 g/mol. The van der Waals surface area contributed by atoms with Gasteiger partial charge < -0.3 is 5.73 Å². The van der Waals surface area contributed by atoms with Gasteiger partial charge in [-0.25, -0.2) is 9.67 Å². The number of nitrogens with zero attached hydrogens (tertiary/aromatic N) is 3. The molecule has 0 unspecified atom stereocenters. The van der Waals surface area contributed by atoms with E-state index in [4.69, 9.17) is 5.73 Å². The Balaban J connectivity index is 1.91. The second-order valence-electron chi connectivity index (χ2n) is 5.32. The van der Waals surface area contributed by atoms with Gasteiger partial charge in [-0.05, 0) is 54.4 Å². The molecule has 1 aromatic heterocycles. The third kappa shape index (κ3) is 3.10. The Morgan fingerprint density at radius 3 is 2.42 bits per heavy atom. The zero-order chi connectivity index (χ0) is 17.3. The van der Waals surface area contributed by atoms with Gasteiger partial charge in [0.15, 0.2) is 5.82 Å². The summed E-state index contributed by atoms with van der Waals surface area (Å²) in [4.78, 5) is 4.23. The van der Waals surface area contributed by atoms with E-state index in [0.29, 0.717) is 17.2 Å². The van der Waals surface area contributed by atoms with Gasteiger partial charge in [0.2, 0.25) is 0 Å². The lowest BCUT2D eigenvalue weighted by atomic mass is 10.1. The molecular formula is C17H15F3N4. The lowest BCUT2D eigenvalue weighted by Crippen LogP contribution is -2.05. The van der Waals surface area contributed by atoms with Crippen LogP contribution in [0.15, 0.2) is 48.8 Å². The summed E-state index contributed by atoms with van der Waals surface area (Å²) in [6, 6.07) is 10.3. The first-order valence-electron chi connectivity index (χ1n) is 7.36. The first-order valence-corrected chi connectivity index (χ1v) is 7.36. The van der Waals surface area contributed by atoms with Crippen molar-refractivity contribution in [3.8, 4) is 17.1 Å². The highest BCUT2D eigenvalue weighted by Gasteiger charge is 2.30. The quantitative estimate of drug-likeness (QED) is 0.735. The predicted molar refractivity (Wildman–Crippen MR) is 85.6 cm³/mol. The van der Waals surface area contributed by atoms with Crippen molar-refractivity contribution in [2.45, 2.75) is 19.5 Å². The third-order valence-electron chi connectivity index (χ3n) is 3.73. The summed E-state index contributed by atoms with van der Waals surface area (Å²) in [5.41, 5.74) is 8.22. The number of benzene rings is 2. The zero-order valence-corrected chi connectivity index (χ0v) is 12.9. The number of hydrogen-bond donors (Lipinski definition) is 1. The van der Waals surface area contributed by atoms with Crippen molar-refractivity contribution >= 4 is 5.69 Å². The van der Waals surface area contributed by atoms with Gasteiger partial charge in [0, 0.05) is 11.3 Å². The van der Waals surface area contributed by atoms with Crippen LogP contribution in [-0.2, 0) is 12.6 Å². The smallest absolute Gasteiger partial charge is 0.399 e. The predicted octanol–water partition coefficient (Wildman–Crippen LogP) is 4.10. The van der Waals surface area contributed by atoms with E-state index in [1.807, 2.05) is 19.1 Å². The molecule has 3 rings (SSSR count). The minimum absolute atomic E-state index is 0.490. The Morgan fingerprint density at radius 2 is 1.79 bits per heavy atom. The highest BCUT2D eigenvalue weighted by Crippen LogP contribution is 2.29. The fraction of sp³-hybridized carbons (Fsp3) is 0.176. The lowest BCUT2D eigenvalue weighted by Gasteiger charge is -2.07. The van der Waals surface area contributed by atoms with Crippen molar-refractivity contribution in [2.24, 2.45) is 0 Å². The number of alkyl halides is 3. The van der Waals surface area contributed by atoms with Crippen molar-refractivity contribution < 1.29 is 13.2 Å². The number of nitrogens with two attached hydrogens (primary N) is 1. The normalized spacial score (nSPS) is 11.7. The molecule has 0 spiro atoms. The summed E-state index contributed by atoms with van der Waals surface area (Å²) < 4.78 is 39.3. The van der Waals surface area contributed by atoms with Crippen molar-refractivity contribution in [3.05, 3.63) is 59.9 Å². The summed E-state index contributed by atoms with van der Waals surface area (Å²) in [5.74, 6) is 0.490. The lowest BCUT2D eigenvalue weighted by molar-refractivity contribution is -0.137. The molecule has 0 aliphatic heterocycles. The number of nitrogen functional groups attached to an aromatic ring is 1. The van der Waals surface area contributed by atoms with Crippen molar-refractivity contribution in [2.75, 3.05) is 5.73 Å². The van der Waals surface area contributed by atoms with E-state index in [1.54, 1.807) is 6.07 Å². The zero-order valence-electron chi connectivity index (χ0n) is 12.9. The number of anilines is 1. The van der Waals surface area contributed by atoms with Crippen LogP contribution in [0.1, 0.15) is 18.1 Å². The van der Waals surface area contributed by atoms with E-state index >= 15 is 0 Å². The molecule has 2 aromatic carbocycles. The van der Waals surface area contributed by atoms with Crippen LogP contribution in [0.4, 0.5) is 18.9 Å². The Kier molecular flexibility index (Phi) is 4.01. The second-order valence-corrected chi connectivity index (χ2v) is 5.32. The molecule has 7 heteroatoms. The molecule has 124 valence electrons. The molecule has 0 fully saturated rings. The summed E-state index contributed by atoms with van der Waals surface area (Å²) >= 11 is 0. The standard InChI is InChI=1S/C17H15F3N4/c1-2-11-9-12(3-8-15(11)21)16-22-10-24(23-16)14-6-4-13(5-7-14)17(18,19)20/h3-10H,2,21H2,1H3. The summed E-state index contributed by atoms with van der Waals surface area (Å²) in [6.45, 7) is 2.00. The molecular weight excluding hydrogens is 317 g/mol. The molecule has 0 radical (unpaired) electrons. The number of halogens is 3. The van der Waals surface area contributed by atoms with Crippen LogP contribution < -0.4 is 5.73 Å². The van der Waals surface area contributed by atoms with Crippen molar-refractivity contribution in [1.29, 1.82) is 0 Å². The maximum atomic E-state index is 12.6. The van der Waals surface area contributed by atoms with E-state index in [0.717, 1.165) is 29.7 Å². The Morgan fingerprint density at radius 1 is 1.08 bits per heavy atom. The largest absolute Gasteiger partial charge is 0.416 e. The molecule has 0 atom stereocenters. The second kappa shape index (κ2) is 5.99. The molecule has 24 heavy (non-hydrogen) atoms. The molecule has 0 amide bonds. The molecule has 0 aliphatic carbocycles. The molecule has 4 nitrogen and oxygen atoms in total. The van der Waals surface area contributed by atoms with Crippen LogP contribution in [0.5, 0.6) is 0 Å². The van der Waals surface area contributed by atoms with Gasteiger partial charge in [-0.15, -0.1) is 5.10 Å². The Bertz CT molecular complexity index is 851. The monoisotopic (exact) mass is 332 g/mol. The number of hydrogen-bond acceptors (Lipinski definition) is 3. The topological polar surface area (TPSA) is 56.7 Å². The highest BCUT2D eigenvalue weighted by atomic mass is 19.4. The summed E-state index contributed by atoms with van der Waals surface area (Å²) in [7, 11) is 0. The SMILES string of the molecule is CCc1cc(-c2ncn(-c3ccc(C(F)(F)F)cc3)n2)ccc1N. The van der Waals surface area contributed by atoms with Gasteiger partial charge in [-0.2, -0.15) is 13.2 Å². The minimum atomic E-state index is -4.35. The minimum Gasteiger partial charge on any atom is -0.399 e. The van der Waals surface area contributed by atoms with E-state index in [9.17, 15) is 13.2 Å². The van der Waals surface area contributed by atoms with Gasteiger partial charge >= 0.3 is 6.18 Å². The molecule has 0 saturated carbocycles. The number of aryl methyl sites for hydroxylation is 1. The number of rotatable bonds is 3.